The van der Waals surface area contributed by atoms with E-state index in [1.54, 1.807) is 0 Å². The summed E-state index contributed by atoms with van der Waals surface area (Å²) < 4.78 is 13.1. The summed E-state index contributed by atoms with van der Waals surface area (Å²) in [6.45, 7) is 3.13. The van der Waals surface area contributed by atoms with Crippen molar-refractivity contribution in [1.82, 2.24) is 0 Å². The van der Waals surface area contributed by atoms with Crippen LogP contribution in [0.4, 0.5) is 10.1 Å². The Kier molecular flexibility index (Phi) is 5.52. The molecule has 116 valence electrons. The second-order valence-electron chi connectivity index (χ2n) is 5.47. The van der Waals surface area contributed by atoms with E-state index in [-0.39, 0.29) is 10.9 Å². The molecule has 0 aromatic heterocycles. The maximum absolute atomic E-state index is 13.1. The Morgan fingerprint density at radius 1 is 1.23 bits per heavy atom. The van der Waals surface area contributed by atoms with Crippen LogP contribution in [0.3, 0.4) is 0 Å². The number of aryl methyl sites for hydroxylation is 1. The normalized spacial score (nSPS) is 12.0. The Bertz CT molecular complexity index is 658. The fraction of sp³-hybridized carbons (Fsp3) is 0.235. The Balaban J connectivity index is 1.88. The summed E-state index contributed by atoms with van der Waals surface area (Å²) in [5, 5.41) is 2.72. The van der Waals surface area contributed by atoms with Gasteiger partial charge in [0.1, 0.15) is 12.4 Å². The van der Waals surface area contributed by atoms with Crippen molar-refractivity contribution in [3.63, 3.8) is 0 Å². The summed E-state index contributed by atoms with van der Waals surface area (Å²) >= 11 is 5.69. The van der Waals surface area contributed by atoms with E-state index in [0.717, 1.165) is 11.4 Å². The topological polar surface area (TPSA) is 33.5 Å². The van der Waals surface area contributed by atoms with Crippen LogP contribution in [0.5, 0.6) is 0 Å². The van der Waals surface area contributed by atoms with E-state index in [1.165, 1.54) is 29.3 Å². The second kappa shape index (κ2) is 7.38. The van der Waals surface area contributed by atoms with Crippen LogP contribution >= 0.6 is 11.6 Å². The predicted molar refractivity (Wildman–Crippen MR) is 86.7 cm³/mol. The molecule has 2 aromatic rings. The van der Waals surface area contributed by atoms with Gasteiger partial charge in [-0.2, -0.15) is 0 Å². The number of quaternary nitrogens is 1. The van der Waals surface area contributed by atoms with Crippen LogP contribution in [-0.4, -0.2) is 19.5 Å². The van der Waals surface area contributed by atoms with Gasteiger partial charge in [0.15, 0.2) is 6.54 Å². The molecule has 3 nitrogen and oxygen atoms in total. The van der Waals surface area contributed by atoms with Gasteiger partial charge < -0.3 is 10.2 Å². The van der Waals surface area contributed by atoms with Crippen LogP contribution < -0.4 is 10.2 Å². The van der Waals surface area contributed by atoms with Gasteiger partial charge in [-0.05, 0) is 25.1 Å². The number of rotatable bonds is 5. The van der Waals surface area contributed by atoms with E-state index in [1.807, 2.05) is 14.0 Å². The maximum atomic E-state index is 13.1. The van der Waals surface area contributed by atoms with Crippen molar-refractivity contribution in [2.24, 2.45) is 0 Å². The van der Waals surface area contributed by atoms with Crippen molar-refractivity contribution in [2.75, 3.05) is 18.9 Å². The largest absolute Gasteiger partial charge is 0.326 e. The number of anilines is 1. The highest BCUT2D eigenvalue weighted by Crippen LogP contribution is 2.19. The van der Waals surface area contributed by atoms with Crippen LogP contribution in [0.25, 0.3) is 0 Å². The number of hydrogen-bond acceptors (Lipinski definition) is 1. The van der Waals surface area contributed by atoms with Crippen LogP contribution in [0, 0.1) is 12.7 Å². The molecule has 0 heterocycles. The predicted octanol–water partition coefficient (Wildman–Crippen LogP) is 2.44. The lowest BCUT2D eigenvalue weighted by Gasteiger charge is -2.14. The third-order valence-electron chi connectivity index (χ3n) is 3.29. The number of carbonyl (C=O) groups excluding carboxylic acids is 1. The summed E-state index contributed by atoms with van der Waals surface area (Å²) in [5.74, 6) is -0.630. The van der Waals surface area contributed by atoms with Crippen LogP contribution in [0.15, 0.2) is 42.5 Å². The molecule has 0 saturated carbocycles. The first kappa shape index (κ1) is 16.5. The fourth-order valence-electron chi connectivity index (χ4n) is 2.17. The maximum Gasteiger partial charge on any atom is 0.279 e. The van der Waals surface area contributed by atoms with Gasteiger partial charge in [-0.15, -0.1) is 0 Å². The minimum atomic E-state index is -0.498. The summed E-state index contributed by atoms with van der Waals surface area (Å²) in [6, 6.07) is 12.4. The number of benzene rings is 2. The Morgan fingerprint density at radius 2 is 1.91 bits per heavy atom. The Morgan fingerprint density at radius 3 is 2.55 bits per heavy atom. The van der Waals surface area contributed by atoms with E-state index in [9.17, 15) is 9.18 Å². The third-order valence-corrected chi connectivity index (χ3v) is 3.58. The second-order valence-corrected chi connectivity index (χ2v) is 5.88. The summed E-state index contributed by atoms with van der Waals surface area (Å²) in [5.41, 5.74) is 2.90. The molecule has 0 fully saturated rings. The molecular weight excluding hydrogens is 303 g/mol. The highest BCUT2D eigenvalue weighted by molar-refractivity contribution is 6.31. The molecule has 0 aliphatic carbocycles. The smallest absolute Gasteiger partial charge is 0.279 e. The van der Waals surface area contributed by atoms with Crippen molar-refractivity contribution in [2.45, 2.75) is 13.5 Å². The molecule has 0 saturated heterocycles. The number of amides is 1. The molecule has 0 bridgehead atoms. The number of halogens is 2. The number of carbonyl (C=O) groups is 1. The van der Waals surface area contributed by atoms with Gasteiger partial charge in [-0.25, -0.2) is 4.39 Å². The minimum Gasteiger partial charge on any atom is -0.326 e. The number of likely N-dealkylation sites (N-methyl/N-ethyl adjacent to an activating group) is 1. The molecule has 2 rings (SSSR count). The van der Waals surface area contributed by atoms with Gasteiger partial charge in [0.05, 0.1) is 12.1 Å². The van der Waals surface area contributed by atoms with Gasteiger partial charge in [0, 0.05) is 11.3 Å². The van der Waals surface area contributed by atoms with E-state index in [4.69, 9.17) is 11.6 Å². The summed E-state index contributed by atoms with van der Waals surface area (Å²) in [6.07, 6.45) is 0. The molecular formula is C17H19ClFN2O+. The zero-order valence-corrected chi connectivity index (χ0v) is 13.4. The van der Waals surface area contributed by atoms with Crippen molar-refractivity contribution >= 4 is 23.2 Å². The summed E-state index contributed by atoms with van der Waals surface area (Å²) in [7, 11) is 1.96. The molecule has 5 heteroatoms. The molecule has 0 radical (unpaired) electrons. The highest BCUT2D eigenvalue weighted by Gasteiger charge is 2.11. The fourth-order valence-corrected chi connectivity index (χ4v) is 2.35. The van der Waals surface area contributed by atoms with E-state index >= 15 is 0 Å². The van der Waals surface area contributed by atoms with Crippen molar-refractivity contribution in [3.05, 3.63) is 64.4 Å². The van der Waals surface area contributed by atoms with E-state index in [2.05, 4.69) is 29.6 Å². The first-order valence-electron chi connectivity index (χ1n) is 7.06. The molecule has 0 spiro atoms. The van der Waals surface area contributed by atoms with Gasteiger partial charge in [0.25, 0.3) is 5.91 Å². The van der Waals surface area contributed by atoms with Crippen LogP contribution in [-0.2, 0) is 11.3 Å². The zero-order chi connectivity index (χ0) is 16.1. The minimum absolute atomic E-state index is 0.00171. The highest BCUT2D eigenvalue weighted by atomic mass is 35.5. The average Bonchev–Trinajstić information content (AvgIpc) is 2.45. The van der Waals surface area contributed by atoms with Crippen LogP contribution in [0.2, 0.25) is 5.02 Å². The molecule has 1 atom stereocenters. The molecule has 2 N–H and O–H groups in total. The van der Waals surface area contributed by atoms with Gasteiger partial charge in [0.2, 0.25) is 0 Å². The quantitative estimate of drug-likeness (QED) is 0.871. The first-order chi connectivity index (χ1) is 10.4. The lowest BCUT2D eigenvalue weighted by molar-refractivity contribution is -0.885. The SMILES string of the molecule is Cc1ccc(C[NH+](C)CC(=O)Nc2ccc(F)c(Cl)c2)cc1. The molecule has 22 heavy (non-hydrogen) atoms. The lowest BCUT2D eigenvalue weighted by atomic mass is 10.1. The zero-order valence-electron chi connectivity index (χ0n) is 12.6. The monoisotopic (exact) mass is 321 g/mol. The molecule has 0 aliphatic heterocycles. The van der Waals surface area contributed by atoms with Gasteiger partial charge in [-0.1, -0.05) is 41.4 Å². The van der Waals surface area contributed by atoms with Crippen molar-refractivity contribution in [1.29, 1.82) is 0 Å². The first-order valence-corrected chi connectivity index (χ1v) is 7.43. The van der Waals surface area contributed by atoms with E-state index < -0.39 is 5.82 Å². The molecule has 1 unspecified atom stereocenters. The Hall–Kier alpha value is -1.91. The average molecular weight is 322 g/mol. The molecule has 0 aliphatic rings. The number of hydrogen-bond donors (Lipinski definition) is 2. The van der Waals surface area contributed by atoms with Gasteiger partial charge >= 0.3 is 0 Å². The lowest BCUT2D eigenvalue weighted by Crippen LogP contribution is -3.08. The van der Waals surface area contributed by atoms with E-state index in [0.29, 0.717) is 12.2 Å². The van der Waals surface area contributed by atoms with Gasteiger partial charge in [-0.3, -0.25) is 4.79 Å². The summed E-state index contributed by atoms with van der Waals surface area (Å²) in [4.78, 5) is 13.1. The van der Waals surface area contributed by atoms with Crippen molar-refractivity contribution in [3.8, 4) is 0 Å². The number of nitrogens with one attached hydrogen (secondary N) is 2. The Labute approximate surface area is 134 Å². The molecule has 1 amide bonds. The third kappa shape index (κ3) is 4.83. The van der Waals surface area contributed by atoms with Crippen LogP contribution in [0.1, 0.15) is 11.1 Å². The molecule has 2 aromatic carbocycles. The van der Waals surface area contributed by atoms with Crippen molar-refractivity contribution < 1.29 is 14.1 Å². The standard InChI is InChI=1S/C17H18ClFN2O/c1-12-3-5-13(6-4-12)10-21(2)11-17(22)20-14-7-8-16(19)15(18)9-14/h3-9H,10-11H2,1-2H3,(H,20,22)/p+1.